The van der Waals surface area contributed by atoms with E-state index in [9.17, 15) is 0 Å². The number of rotatable bonds is 9. The topological polar surface area (TPSA) is 9.23 Å². The van der Waals surface area contributed by atoms with E-state index in [-0.39, 0.29) is 0 Å². The van der Waals surface area contributed by atoms with E-state index in [1.165, 1.54) is 51.4 Å². The molecular formula is C25H36O. The molecule has 1 heteroatoms. The predicted molar refractivity (Wildman–Crippen MR) is 112 cm³/mol. The molecule has 0 aromatic heterocycles. The third kappa shape index (κ3) is 8.13. The molecule has 26 heavy (non-hydrogen) atoms. The van der Waals surface area contributed by atoms with Gasteiger partial charge in [-0.1, -0.05) is 63.9 Å². The maximum absolute atomic E-state index is 5.68. The van der Waals surface area contributed by atoms with E-state index in [1.54, 1.807) is 0 Å². The van der Waals surface area contributed by atoms with Gasteiger partial charge in [0, 0.05) is 5.56 Å². The Balaban J connectivity index is 1.69. The highest BCUT2D eigenvalue weighted by atomic mass is 16.5. The summed E-state index contributed by atoms with van der Waals surface area (Å²) in [6, 6.07) is 8.12. The monoisotopic (exact) mass is 352 g/mol. The van der Waals surface area contributed by atoms with Crippen LogP contribution in [0.5, 0.6) is 5.75 Å². The van der Waals surface area contributed by atoms with Crippen LogP contribution >= 0.6 is 0 Å². The highest BCUT2D eigenvalue weighted by molar-refractivity contribution is 5.40. The first-order chi connectivity index (χ1) is 12.8. The average Bonchev–Trinajstić information content (AvgIpc) is 2.68. The molecule has 142 valence electrons. The summed E-state index contributed by atoms with van der Waals surface area (Å²) in [4.78, 5) is 0. The van der Waals surface area contributed by atoms with Crippen LogP contribution in [-0.2, 0) is 0 Å². The summed E-state index contributed by atoms with van der Waals surface area (Å²) >= 11 is 0. The molecule has 1 nitrogen and oxygen atoms in total. The zero-order chi connectivity index (χ0) is 18.5. The standard InChI is InChI=1S/C25H36O/c1-3-5-7-10-22-13-15-23(16-14-22)11-8-9-12-24-17-19-25(20-18-24)26-21-6-4-2/h8,11,17-20,22-23H,3-7,10,13-16,21H2,1-2H3/b11-8+. The van der Waals surface area contributed by atoms with E-state index in [0.717, 1.165) is 42.6 Å². The molecule has 0 aliphatic heterocycles. The molecule has 1 aliphatic rings. The van der Waals surface area contributed by atoms with Crippen LogP contribution in [0, 0.1) is 23.7 Å². The summed E-state index contributed by atoms with van der Waals surface area (Å²) in [6.45, 7) is 5.26. The summed E-state index contributed by atoms with van der Waals surface area (Å²) in [5, 5.41) is 0. The van der Waals surface area contributed by atoms with Gasteiger partial charge in [-0.3, -0.25) is 0 Å². The first kappa shape index (κ1) is 20.6. The first-order valence-corrected chi connectivity index (χ1v) is 10.7. The van der Waals surface area contributed by atoms with Crippen molar-refractivity contribution in [3.8, 4) is 17.6 Å². The lowest BCUT2D eigenvalue weighted by Gasteiger charge is -2.26. The van der Waals surface area contributed by atoms with Crippen molar-refractivity contribution in [2.45, 2.75) is 78.1 Å². The lowest BCUT2D eigenvalue weighted by molar-refractivity contribution is 0.289. The Hall–Kier alpha value is -1.68. The second-order valence-electron chi connectivity index (χ2n) is 7.63. The van der Waals surface area contributed by atoms with Gasteiger partial charge in [-0.25, -0.2) is 0 Å². The Morgan fingerprint density at radius 2 is 1.69 bits per heavy atom. The first-order valence-electron chi connectivity index (χ1n) is 10.7. The fourth-order valence-corrected chi connectivity index (χ4v) is 3.63. The Labute approximate surface area is 161 Å². The van der Waals surface area contributed by atoms with Crippen molar-refractivity contribution in [1.29, 1.82) is 0 Å². The van der Waals surface area contributed by atoms with E-state index in [1.807, 2.05) is 24.3 Å². The average molecular weight is 353 g/mol. The summed E-state index contributed by atoms with van der Waals surface area (Å²) in [6.07, 6.45) is 17.8. The van der Waals surface area contributed by atoms with Gasteiger partial charge in [-0.15, -0.1) is 0 Å². The number of unbranched alkanes of at least 4 members (excludes halogenated alkanes) is 3. The van der Waals surface area contributed by atoms with Crippen molar-refractivity contribution in [3.63, 3.8) is 0 Å². The Morgan fingerprint density at radius 1 is 0.962 bits per heavy atom. The predicted octanol–water partition coefficient (Wildman–Crippen LogP) is 7.16. The molecule has 1 aliphatic carbocycles. The summed E-state index contributed by atoms with van der Waals surface area (Å²) in [5.74, 6) is 9.09. The van der Waals surface area contributed by atoms with E-state index >= 15 is 0 Å². The highest BCUT2D eigenvalue weighted by Crippen LogP contribution is 2.32. The molecule has 0 radical (unpaired) electrons. The van der Waals surface area contributed by atoms with Crippen molar-refractivity contribution >= 4 is 0 Å². The number of ether oxygens (including phenoxy) is 1. The van der Waals surface area contributed by atoms with Crippen molar-refractivity contribution < 1.29 is 4.74 Å². The van der Waals surface area contributed by atoms with Crippen LogP contribution in [0.3, 0.4) is 0 Å². The molecule has 1 aromatic rings. The van der Waals surface area contributed by atoms with Gasteiger partial charge in [0.25, 0.3) is 0 Å². The smallest absolute Gasteiger partial charge is 0.119 e. The molecule has 0 heterocycles. The van der Waals surface area contributed by atoms with Gasteiger partial charge in [0.05, 0.1) is 6.61 Å². The van der Waals surface area contributed by atoms with Crippen LogP contribution < -0.4 is 4.74 Å². The van der Waals surface area contributed by atoms with E-state index in [0.29, 0.717) is 0 Å². The molecule has 0 unspecified atom stereocenters. The summed E-state index contributed by atoms with van der Waals surface area (Å²) in [5.41, 5.74) is 1.05. The number of benzene rings is 1. The minimum Gasteiger partial charge on any atom is -0.494 e. The molecule has 0 spiro atoms. The van der Waals surface area contributed by atoms with Crippen LogP contribution in [0.1, 0.15) is 83.6 Å². The van der Waals surface area contributed by atoms with E-state index in [4.69, 9.17) is 4.74 Å². The Morgan fingerprint density at radius 3 is 2.38 bits per heavy atom. The normalized spacial score (nSPS) is 19.9. The fourth-order valence-electron chi connectivity index (χ4n) is 3.63. The van der Waals surface area contributed by atoms with Crippen LogP contribution in [-0.4, -0.2) is 6.61 Å². The molecule has 1 fully saturated rings. The van der Waals surface area contributed by atoms with Gasteiger partial charge in [-0.05, 0) is 74.3 Å². The minimum absolute atomic E-state index is 0.737. The van der Waals surface area contributed by atoms with E-state index < -0.39 is 0 Å². The van der Waals surface area contributed by atoms with Gasteiger partial charge >= 0.3 is 0 Å². The molecule has 0 amide bonds. The number of allylic oxidation sites excluding steroid dienone is 2. The summed E-state index contributed by atoms with van der Waals surface area (Å²) in [7, 11) is 0. The van der Waals surface area contributed by atoms with Crippen LogP contribution in [0.2, 0.25) is 0 Å². The van der Waals surface area contributed by atoms with E-state index in [2.05, 4.69) is 37.8 Å². The van der Waals surface area contributed by atoms with Gasteiger partial charge in [0.15, 0.2) is 0 Å². The minimum atomic E-state index is 0.737. The second-order valence-corrected chi connectivity index (χ2v) is 7.63. The number of hydrogen-bond donors (Lipinski definition) is 0. The third-order valence-corrected chi connectivity index (χ3v) is 5.40. The van der Waals surface area contributed by atoms with Crippen LogP contribution in [0.4, 0.5) is 0 Å². The SMILES string of the molecule is CCCCCC1CCC(/C=C/C#Cc2ccc(OCCCC)cc2)CC1. The van der Waals surface area contributed by atoms with Gasteiger partial charge in [0.2, 0.25) is 0 Å². The molecule has 0 bridgehead atoms. The number of hydrogen-bond acceptors (Lipinski definition) is 1. The molecular weight excluding hydrogens is 316 g/mol. The van der Waals surface area contributed by atoms with Crippen molar-refractivity contribution in [3.05, 3.63) is 42.0 Å². The zero-order valence-electron chi connectivity index (χ0n) is 16.8. The lowest BCUT2D eigenvalue weighted by Crippen LogP contribution is -2.12. The molecule has 0 N–H and O–H groups in total. The van der Waals surface area contributed by atoms with Gasteiger partial charge in [0.1, 0.15) is 5.75 Å². The summed E-state index contributed by atoms with van der Waals surface area (Å²) < 4.78 is 5.68. The fraction of sp³-hybridized carbons (Fsp3) is 0.600. The Kier molecular flexibility index (Phi) is 10.0. The third-order valence-electron chi connectivity index (χ3n) is 5.40. The van der Waals surface area contributed by atoms with Gasteiger partial charge < -0.3 is 4.74 Å². The molecule has 2 rings (SSSR count). The molecule has 1 saturated carbocycles. The van der Waals surface area contributed by atoms with Crippen molar-refractivity contribution in [1.82, 2.24) is 0 Å². The van der Waals surface area contributed by atoms with Crippen LogP contribution in [0.25, 0.3) is 0 Å². The maximum Gasteiger partial charge on any atom is 0.119 e. The Bertz CT molecular complexity index is 564. The van der Waals surface area contributed by atoms with Crippen molar-refractivity contribution in [2.75, 3.05) is 6.61 Å². The lowest BCUT2D eigenvalue weighted by atomic mass is 9.79. The highest BCUT2D eigenvalue weighted by Gasteiger charge is 2.18. The maximum atomic E-state index is 5.68. The largest absolute Gasteiger partial charge is 0.494 e. The molecule has 0 saturated heterocycles. The molecule has 0 atom stereocenters. The van der Waals surface area contributed by atoms with Crippen molar-refractivity contribution in [2.24, 2.45) is 11.8 Å². The van der Waals surface area contributed by atoms with Crippen LogP contribution in [0.15, 0.2) is 36.4 Å². The molecule has 1 aromatic carbocycles. The quantitative estimate of drug-likeness (QED) is 0.338. The second kappa shape index (κ2) is 12.6. The van der Waals surface area contributed by atoms with Gasteiger partial charge in [-0.2, -0.15) is 0 Å². The zero-order valence-corrected chi connectivity index (χ0v) is 16.8.